The van der Waals surface area contributed by atoms with Gasteiger partial charge in [-0.2, -0.15) is 4.98 Å². The average Bonchev–Trinajstić information content (AvgIpc) is 2.88. The Kier molecular flexibility index (Phi) is 6.86. The van der Waals surface area contributed by atoms with Crippen LogP contribution < -0.4 is 10.1 Å². The van der Waals surface area contributed by atoms with E-state index in [4.69, 9.17) is 16.3 Å². The fourth-order valence-electron chi connectivity index (χ4n) is 3.84. The molecule has 0 aliphatic carbocycles. The normalized spacial score (nSPS) is 11.9. The van der Waals surface area contributed by atoms with E-state index in [1.165, 1.54) is 17.8 Å². The molecule has 0 spiro atoms. The predicted octanol–water partition coefficient (Wildman–Crippen LogP) is 5.56. The molecule has 0 saturated carbocycles. The number of fused-ring (bicyclic) bond motifs is 2. The van der Waals surface area contributed by atoms with E-state index in [0.717, 1.165) is 5.56 Å². The average molecular weight is 523 g/mol. The smallest absolute Gasteiger partial charge is 0.234 e. The van der Waals surface area contributed by atoms with E-state index in [1.54, 1.807) is 55.6 Å². The van der Waals surface area contributed by atoms with E-state index in [1.807, 2.05) is 0 Å². The minimum absolute atomic E-state index is 0.0535. The predicted molar refractivity (Wildman–Crippen MR) is 136 cm³/mol. The zero-order valence-electron chi connectivity index (χ0n) is 19.1. The summed E-state index contributed by atoms with van der Waals surface area (Å²) in [5.74, 6) is 0.290. The third kappa shape index (κ3) is 4.90. The van der Waals surface area contributed by atoms with Gasteiger partial charge in [0, 0.05) is 34.5 Å². The number of aliphatic hydroxyl groups is 1. The highest BCUT2D eigenvalue weighted by Crippen LogP contribution is 2.42. The lowest BCUT2D eigenvalue weighted by Crippen LogP contribution is -2.16. The third-order valence-corrected chi connectivity index (χ3v) is 6.91. The molecule has 36 heavy (non-hydrogen) atoms. The lowest BCUT2D eigenvalue weighted by Gasteiger charge is -2.24. The van der Waals surface area contributed by atoms with Crippen molar-refractivity contribution in [1.29, 1.82) is 0 Å². The van der Waals surface area contributed by atoms with E-state index in [9.17, 15) is 14.3 Å². The van der Waals surface area contributed by atoms with Gasteiger partial charge in [0.15, 0.2) is 11.6 Å². The quantitative estimate of drug-likeness (QED) is 0.222. The van der Waals surface area contributed by atoms with Gasteiger partial charge in [-0.05, 0) is 43.3 Å². The number of thioether (sulfide) groups is 1. The molecular weight excluding hydrogens is 503 g/mol. The molecule has 2 aromatic carbocycles. The van der Waals surface area contributed by atoms with Crippen LogP contribution in [0, 0.1) is 12.7 Å². The zero-order chi connectivity index (χ0) is 25.2. The number of aryl methyl sites for hydroxylation is 1. The number of hydrogen-bond donors (Lipinski definition) is 2. The van der Waals surface area contributed by atoms with Crippen molar-refractivity contribution in [2.45, 2.75) is 25.0 Å². The van der Waals surface area contributed by atoms with E-state index in [-0.39, 0.29) is 35.5 Å². The van der Waals surface area contributed by atoms with Crippen LogP contribution in [0.2, 0.25) is 5.02 Å². The fraction of sp³-hybridized carbons (Fsp3) is 0.154. The number of hydrogen-bond acceptors (Lipinski definition) is 7. The van der Waals surface area contributed by atoms with Crippen molar-refractivity contribution in [3.63, 3.8) is 0 Å². The Bertz CT molecular complexity index is 1470. The molecule has 3 heterocycles. The van der Waals surface area contributed by atoms with Gasteiger partial charge >= 0.3 is 0 Å². The van der Waals surface area contributed by atoms with Crippen LogP contribution in [0.15, 0.2) is 59.8 Å². The Labute approximate surface area is 215 Å². The number of nitrogens with one attached hydrogen (secondary N) is 1. The van der Waals surface area contributed by atoms with Gasteiger partial charge in [0.25, 0.3) is 0 Å². The number of aromatic nitrogens is 3. The Balaban J connectivity index is 1.50. The van der Waals surface area contributed by atoms with Crippen LogP contribution in [-0.2, 0) is 17.8 Å². The number of carbonyl (C=O) groups excluding carboxylic acids is 1. The first kappa shape index (κ1) is 24.2. The Morgan fingerprint density at radius 1 is 1.17 bits per heavy atom. The highest BCUT2D eigenvalue weighted by Gasteiger charge is 2.28. The van der Waals surface area contributed by atoms with Gasteiger partial charge in [-0.25, -0.2) is 9.37 Å². The number of anilines is 1. The van der Waals surface area contributed by atoms with Crippen LogP contribution in [0.5, 0.6) is 11.6 Å². The summed E-state index contributed by atoms with van der Waals surface area (Å²) in [6.07, 6.45) is 1.99. The van der Waals surface area contributed by atoms with E-state index >= 15 is 0 Å². The summed E-state index contributed by atoms with van der Waals surface area (Å²) < 4.78 is 20.7. The molecule has 2 N–H and O–H groups in total. The summed E-state index contributed by atoms with van der Waals surface area (Å²) in [6.45, 7) is 1.61. The first-order valence-electron chi connectivity index (χ1n) is 11.0. The molecule has 0 bridgehead atoms. The van der Waals surface area contributed by atoms with Crippen LogP contribution in [-0.4, -0.2) is 31.7 Å². The van der Waals surface area contributed by atoms with Gasteiger partial charge < -0.3 is 15.2 Å². The van der Waals surface area contributed by atoms with E-state index in [2.05, 4.69) is 20.3 Å². The van der Waals surface area contributed by atoms with Crippen LogP contribution in [0.3, 0.4) is 0 Å². The lowest BCUT2D eigenvalue weighted by molar-refractivity contribution is -0.113. The largest absolute Gasteiger partial charge is 0.436 e. The van der Waals surface area contributed by atoms with Crippen LogP contribution >= 0.6 is 23.4 Å². The molecule has 0 atom stereocenters. The summed E-state index contributed by atoms with van der Waals surface area (Å²) in [6, 6.07) is 13.0. The monoisotopic (exact) mass is 522 g/mol. The molecule has 0 unspecified atom stereocenters. The summed E-state index contributed by atoms with van der Waals surface area (Å²) in [7, 11) is 0. The van der Waals surface area contributed by atoms with Gasteiger partial charge in [0.05, 0.1) is 29.2 Å². The topological polar surface area (TPSA) is 97.2 Å². The SMILES string of the molecule is Cc1ncc(CO)c2c1Oc1nc(-c3ccccc3F)nc(SCC(=O)Nc3ccc(Cl)cc3)c1C2. The number of nitrogens with zero attached hydrogens (tertiary/aromatic N) is 3. The number of carbonyl (C=O) groups is 1. The number of amides is 1. The fourth-order valence-corrected chi connectivity index (χ4v) is 4.79. The Morgan fingerprint density at radius 2 is 1.94 bits per heavy atom. The first-order valence-corrected chi connectivity index (χ1v) is 12.4. The number of aliphatic hydroxyl groups excluding tert-OH is 1. The highest BCUT2D eigenvalue weighted by atomic mass is 35.5. The molecule has 1 aliphatic heterocycles. The van der Waals surface area contributed by atoms with Gasteiger partial charge in [0.2, 0.25) is 11.8 Å². The van der Waals surface area contributed by atoms with Crippen molar-refractivity contribution in [2.24, 2.45) is 0 Å². The van der Waals surface area contributed by atoms with E-state index in [0.29, 0.717) is 44.7 Å². The van der Waals surface area contributed by atoms with Gasteiger partial charge in [-0.3, -0.25) is 9.78 Å². The second-order valence-electron chi connectivity index (χ2n) is 8.07. The van der Waals surface area contributed by atoms with Gasteiger partial charge in [-0.15, -0.1) is 0 Å². The molecule has 0 radical (unpaired) electrons. The third-order valence-electron chi connectivity index (χ3n) is 5.64. The zero-order valence-corrected chi connectivity index (χ0v) is 20.7. The minimum atomic E-state index is -0.467. The summed E-state index contributed by atoms with van der Waals surface area (Å²) in [4.78, 5) is 26.1. The van der Waals surface area contributed by atoms with Gasteiger partial charge in [0.1, 0.15) is 10.8 Å². The van der Waals surface area contributed by atoms with E-state index < -0.39 is 5.82 Å². The second-order valence-corrected chi connectivity index (χ2v) is 9.47. The van der Waals surface area contributed by atoms with Crippen LogP contribution in [0.1, 0.15) is 22.4 Å². The maximum absolute atomic E-state index is 14.6. The molecule has 4 aromatic rings. The molecule has 2 aromatic heterocycles. The second kappa shape index (κ2) is 10.2. The number of pyridine rings is 1. The molecule has 10 heteroatoms. The Morgan fingerprint density at radius 3 is 2.69 bits per heavy atom. The van der Waals surface area contributed by atoms with Crippen molar-refractivity contribution in [3.8, 4) is 23.0 Å². The maximum Gasteiger partial charge on any atom is 0.234 e. The van der Waals surface area contributed by atoms with Crippen molar-refractivity contribution >= 4 is 35.0 Å². The van der Waals surface area contributed by atoms with Gasteiger partial charge in [-0.1, -0.05) is 35.5 Å². The van der Waals surface area contributed by atoms with Crippen molar-refractivity contribution in [3.05, 3.63) is 88.0 Å². The minimum Gasteiger partial charge on any atom is -0.436 e. The summed E-state index contributed by atoms with van der Waals surface area (Å²) in [5, 5.41) is 13.7. The molecule has 1 amide bonds. The molecule has 182 valence electrons. The number of halogens is 2. The van der Waals surface area contributed by atoms with Crippen molar-refractivity contribution in [1.82, 2.24) is 15.0 Å². The molecule has 0 fully saturated rings. The number of ether oxygens (including phenoxy) is 1. The summed E-state index contributed by atoms with van der Waals surface area (Å²) in [5.41, 5.74) is 3.57. The van der Waals surface area contributed by atoms with Crippen molar-refractivity contribution < 1.29 is 19.0 Å². The highest BCUT2D eigenvalue weighted by molar-refractivity contribution is 8.00. The molecular formula is C26H20ClFN4O3S. The van der Waals surface area contributed by atoms with Crippen molar-refractivity contribution in [2.75, 3.05) is 11.1 Å². The van der Waals surface area contributed by atoms with Crippen LogP contribution in [0.4, 0.5) is 10.1 Å². The van der Waals surface area contributed by atoms with Crippen LogP contribution in [0.25, 0.3) is 11.4 Å². The molecule has 7 nitrogen and oxygen atoms in total. The number of rotatable bonds is 6. The Hall–Kier alpha value is -3.53. The first-order chi connectivity index (χ1) is 17.4. The lowest BCUT2D eigenvalue weighted by atomic mass is 9.99. The number of benzene rings is 2. The maximum atomic E-state index is 14.6. The molecule has 1 aliphatic rings. The molecule has 5 rings (SSSR count). The molecule has 0 saturated heterocycles. The standard InChI is InChI=1S/C26H20ClFN4O3S/c1-14-23-19(15(12-33)11-29-14)10-20-25(35-23)31-24(18-4-2-3-5-21(18)28)32-26(20)36-13-22(34)30-17-8-6-16(27)7-9-17/h2-9,11,33H,10,12-13H2,1H3,(H,30,34). The summed E-state index contributed by atoms with van der Waals surface area (Å²) >= 11 is 7.11.